The Kier molecular flexibility index (Phi) is 3.48. The topological polar surface area (TPSA) is 99.6 Å². The summed E-state index contributed by atoms with van der Waals surface area (Å²) in [5.41, 5.74) is 0.313. The molecule has 1 fully saturated rings. The van der Waals surface area contributed by atoms with Crippen LogP contribution in [0.25, 0.3) is 0 Å². The minimum Gasteiger partial charge on any atom is -0.480 e. The highest BCUT2D eigenvalue weighted by molar-refractivity contribution is 7.90. The van der Waals surface area contributed by atoms with Crippen molar-refractivity contribution in [2.24, 2.45) is 0 Å². The smallest absolute Gasteiger partial charge is 0.322 e. The van der Waals surface area contributed by atoms with Gasteiger partial charge in [-0.1, -0.05) is 0 Å². The second-order valence-corrected chi connectivity index (χ2v) is 5.58. The molecule has 0 spiro atoms. The molecule has 18 heavy (non-hydrogen) atoms. The predicted octanol–water partition coefficient (Wildman–Crippen LogP) is 0.287. The molecule has 1 aromatic rings. The zero-order valence-corrected chi connectivity index (χ0v) is 10.3. The van der Waals surface area contributed by atoms with Crippen molar-refractivity contribution in [1.82, 2.24) is 9.29 Å². The van der Waals surface area contributed by atoms with Crippen LogP contribution in [0.5, 0.6) is 0 Å². The molecule has 7 nitrogen and oxygen atoms in total. The van der Waals surface area contributed by atoms with Gasteiger partial charge >= 0.3 is 16.2 Å². The highest BCUT2D eigenvalue weighted by Gasteiger charge is 2.38. The first kappa shape index (κ1) is 12.8. The Bertz CT molecular complexity index is 531. The summed E-state index contributed by atoms with van der Waals surface area (Å²) >= 11 is 0. The van der Waals surface area contributed by atoms with Crippen LogP contribution in [0.4, 0.5) is 5.69 Å². The van der Waals surface area contributed by atoms with Crippen LogP contribution in [-0.4, -0.2) is 41.4 Å². The Labute approximate surface area is 105 Å². The Balaban J connectivity index is 2.19. The third-order valence-corrected chi connectivity index (χ3v) is 4.25. The maximum atomic E-state index is 12.0. The predicted molar refractivity (Wildman–Crippen MR) is 64.1 cm³/mol. The number of rotatable bonds is 4. The molecule has 0 bridgehead atoms. The molecule has 0 amide bonds. The summed E-state index contributed by atoms with van der Waals surface area (Å²) < 4.78 is 27.4. The molecule has 8 heteroatoms. The molecule has 1 saturated heterocycles. The Morgan fingerprint density at radius 3 is 2.94 bits per heavy atom. The molecule has 0 saturated carbocycles. The molecular weight excluding hydrogens is 258 g/mol. The van der Waals surface area contributed by atoms with E-state index in [4.69, 9.17) is 5.11 Å². The van der Waals surface area contributed by atoms with E-state index in [1.807, 2.05) is 0 Å². The van der Waals surface area contributed by atoms with Crippen molar-refractivity contribution in [3.8, 4) is 0 Å². The first-order chi connectivity index (χ1) is 8.50. The lowest BCUT2D eigenvalue weighted by molar-refractivity contribution is -0.140. The molecule has 1 aliphatic heterocycles. The summed E-state index contributed by atoms with van der Waals surface area (Å²) in [6.45, 7) is 0.215. The van der Waals surface area contributed by atoms with E-state index in [0.717, 1.165) is 4.31 Å². The monoisotopic (exact) mass is 271 g/mol. The van der Waals surface area contributed by atoms with Crippen LogP contribution in [0.3, 0.4) is 0 Å². The second kappa shape index (κ2) is 4.91. The van der Waals surface area contributed by atoms with Crippen molar-refractivity contribution in [3.05, 3.63) is 24.5 Å². The number of carboxylic acid groups (broad SMARTS) is 1. The Morgan fingerprint density at radius 1 is 1.56 bits per heavy atom. The molecule has 0 aliphatic carbocycles. The fraction of sp³-hybridized carbons (Fsp3) is 0.400. The Hall–Kier alpha value is -1.67. The van der Waals surface area contributed by atoms with Gasteiger partial charge in [0.05, 0.1) is 11.9 Å². The number of aromatic nitrogens is 1. The molecule has 0 radical (unpaired) electrons. The number of pyridine rings is 1. The van der Waals surface area contributed by atoms with E-state index >= 15 is 0 Å². The maximum absolute atomic E-state index is 12.0. The van der Waals surface area contributed by atoms with Crippen molar-refractivity contribution in [2.75, 3.05) is 11.3 Å². The number of aliphatic carboxylic acids is 1. The van der Waals surface area contributed by atoms with Crippen LogP contribution in [0.2, 0.25) is 0 Å². The number of carboxylic acids is 1. The molecule has 1 aliphatic rings. The van der Waals surface area contributed by atoms with E-state index < -0.39 is 22.2 Å². The lowest BCUT2D eigenvalue weighted by atomic mass is 10.2. The fourth-order valence-corrected chi connectivity index (χ4v) is 3.34. The van der Waals surface area contributed by atoms with Crippen molar-refractivity contribution < 1.29 is 18.3 Å². The summed E-state index contributed by atoms with van der Waals surface area (Å²) in [6.07, 6.45) is 3.77. The number of hydrogen-bond donors (Lipinski definition) is 2. The highest BCUT2D eigenvalue weighted by atomic mass is 32.2. The molecule has 2 heterocycles. The van der Waals surface area contributed by atoms with Gasteiger partial charge in [0.15, 0.2) is 0 Å². The Morgan fingerprint density at radius 2 is 2.33 bits per heavy atom. The van der Waals surface area contributed by atoms with Crippen LogP contribution in [-0.2, 0) is 15.0 Å². The van der Waals surface area contributed by atoms with Gasteiger partial charge in [-0.25, -0.2) is 0 Å². The minimum absolute atomic E-state index is 0.215. The van der Waals surface area contributed by atoms with Crippen molar-refractivity contribution in [1.29, 1.82) is 0 Å². The van der Waals surface area contributed by atoms with E-state index in [2.05, 4.69) is 9.71 Å². The quantitative estimate of drug-likeness (QED) is 0.819. The first-order valence-corrected chi connectivity index (χ1v) is 6.87. The number of nitrogens with one attached hydrogen (secondary N) is 1. The number of anilines is 1. The average Bonchev–Trinajstić information content (AvgIpc) is 2.79. The van der Waals surface area contributed by atoms with Crippen LogP contribution in [0, 0.1) is 0 Å². The van der Waals surface area contributed by atoms with E-state index in [1.165, 1.54) is 12.4 Å². The highest BCUT2D eigenvalue weighted by Crippen LogP contribution is 2.22. The van der Waals surface area contributed by atoms with E-state index in [9.17, 15) is 13.2 Å². The molecule has 2 rings (SSSR count). The van der Waals surface area contributed by atoms with Gasteiger partial charge in [-0.05, 0) is 25.0 Å². The standard InChI is InChI=1S/C10H13N3O4S/c14-10(15)9-4-2-6-13(9)18(16,17)12-8-3-1-5-11-7-8/h1,3,5,7,9,12H,2,4,6H2,(H,14,15)/t9-/m0/s1. The molecule has 98 valence electrons. The molecule has 2 N–H and O–H groups in total. The van der Waals surface area contributed by atoms with Gasteiger partial charge in [0.25, 0.3) is 0 Å². The third-order valence-electron chi connectivity index (χ3n) is 2.71. The second-order valence-electron chi connectivity index (χ2n) is 3.96. The maximum Gasteiger partial charge on any atom is 0.322 e. The van der Waals surface area contributed by atoms with Gasteiger partial charge in [-0.15, -0.1) is 0 Å². The largest absolute Gasteiger partial charge is 0.480 e. The summed E-state index contributed by atoms with van der Waals surface area (Å²) in [4.78, 5) is 14.8. The minimum atomic E-state index is -3.84. The van der Waals surface area contributed by atoms with Crippen molar-refractivity contribution in [2.45, 2.75) is 18.9 Å². The van der Waals surface area contributed by atoms with E-state index in [-0.39, 0.29) is 6.54 Å². The SMILES string of the molecule is O=C(O)[C@@H]1CCCN1S(=O)(=O)Nc1cccnc1. The van der Waals surface area contributed by atoms with Crippen LogP contribution < -0.4 is 4.72 Å². The third kappa shape index (κ3) is 2.59. The van der Waals surface area contributed by atoms with E-state index in [1.54, 1.807) is 12.1 Å². The summed E-state index contributed by atoms with van der Waals surface area (Å²) in [5, 5.41) is 8.97. The van der Waals surface area contributed by atoms with Gasteiger partial charge in [0.1, 0.15) is 6.04 Å². The zero-order chi connectivity index (χ0) is 13.2. The number of hydrogen-bond acceptors (Lipinski definition) is 4. The molecule has 1 aromatic heterocycles. The number of nitrogens with zero attached hydrogens (tertiary/aromatic N) is 2. The molecule has 1 atom stereocenters. The average molecular weight is 271 g/mol. The van der Waals surface area contributed by atoms with Crippen molar-refractivity contribution >= 4 is 21.9 Å². The van der Waals surface area contributed by atoms with Crippen LogP contribution in [0.15, 0.2) is 24.5 Å². The molecule has 0 unspecified atom stereocenters. The normalized spacial score (nSPS) is 20.8. The molecular formula is C10H13N3O4S. The summed E-state index contributed by atoms with van der Waals surface area (Å²) in [6, 6.07) is 2.16. The lowest BCUT2D eigenvalue weighted by Crippen LogP contribution is -2.43. The lowest BCUT2D eigenvalue weighted by Gasteiger charge is -2.21. The van der Waals surface area contributed by atoms with Gasteiger partial charge in [-0.2, -0.15) is 12.7 Å². The summed E-state index contributed by atoms with van der Waals surface area (Å²) in [5.74, 6) is -1.12. The van der Waals surface area contributed by atoms with Crippen LogP contribution >= 0.6 is 0 Å². The van der Waals surface area contributed by atoms with Gasteiger partial charge in [-0.3, -0.25) is 14.5 Å². The van der Waals surface area contributed by atoms with Gasteiger partial charge in [0.2, 0.25) is 0 Å². The molecule has 0 aromatic carbocycles. The van der Waals surface area contributed by atoms with Gasteiger partial charge < -0.3 is 5.11 Å². The van der Waals surface area contributed by atoms with Gasteiger partial charge in [0, 0.05) is 12.7 Å². The summed E-state index contributed by atoms with van der Waals surface area (Å²) in [7, 11) is -3.84. The van der Waals surface area contributed by atoms with E-state index in [0.29, 0.717) is 18.5 Å². The first-order valence-electron chi connectivity index (χ1n) is 5.43. The van der Waals surface area contributed by atoms with Crippen molar-refractivity contribution in [3.63, 3.8) is 0 Å². The fourth-order valence-electron chi connectivity index (χ4n) is 1.91. The van der Waals surface area contributed by atoms with Crippen LogP contribution in [0.1, 0.15) is 12.8 Å². The number of carbonyl (C=O) groups is 1. The zero-order valence-electron chi connectivity index (χ0n) is 9.48.